The second-order valence-electron chi connectivity index (χ2n) is 9.19. The molecular weight excluding hydrogens is 467 g/mol. The zero-order chi connectivity index (χ0) is 23.9. The Balaban J connectivity index is 1.24. The predicted octanol–water partition coefficient (Wildman–Crippen LogP) is 4.79. The third-order valence-corrected chi connectivity index (χ3v) is 7.56. The van der Waals surface area contributed by atoms with Gasteiger partial charge in [-0.15, -0.1) is 0 Å². The van der Waals surface area contributed by atoms with Crippen molar-refractivity contribution in [2.24, 2.45) is 5.92 Å². The van der Waals surface area contributed by atoms with Crippen LogP contribution in [-0.2, 0) is 6.42 Å². The molecule has 0 unspecified atom stereocenters. The maximum absolute atomic E-state index is 9.67. The van der Waals surface area contributed by atoms with Crippen LogP contribution in [-0.4, -0.2) is 73.0 Å². The second kappa shape index (κ2) is 11.9. The van der Waals surface area contributed by atoms with Gasteiger partial charge in [0, 0.05) is 45.8 Å². The molecule has 2 aliphatic heterocycles. The van der Waals surface area contributed by atoms with Crippen molar-refractivity contribution in [3.63, 3.8) is 0 Å². The molecule has 2 saturated heterocycles. The van der Waals surface area contributed by atoms with Crippen LogP contribution in [0.1, 0.15) is 18.4 Å². The van der Waals surface area contributed by atoms with Gasteiger partial charge < -0.3 is 9.80 Å². The third kappa shape index (κ3) is 6.43. The molecule has 180 valence electrons. The predicted molar refractivity (Wildman–Crippen MR) is 140 cm³/mol. The molecule has 2 aromatic rings. The van der Waals surface area contributed by atoms with Crippen LogP contribution in [0.25, 0.3) is 0 Å². The van der Waals surface area contributed by atoms with Gasteiger partial charge >= 0.3 is 0 Å². The van der Waals surface area contributed by atoms with Crippen molar-refractivity contribution in [3.05, 3.63) is 64.1 Å². The highest BCUT2D eigenvalue weighted by Gasteiger charge is 2.27. The maximum Gasteiger partial charge on any atom is 0.212 e. The van der Waals surface area contributed by atoms with E-state index < -0.39 is 0 Å². The SMILES string of the molecule is N#CN(C(=N)N1CCN(C[C@@H]2CCCN(CCc3ccccc3)C2)CC1)c1ccc(Cl)c(Cl)c1. The molecule has 0 radical (unpaired) electrons. The Morgan fingerprint density at radius 2 is 1.76 bits per heavy atom. The fourth-order valence-electron chi connectivity index (χ4n) is 4.94. The standard InChI is InChI=1S/C26H32Cl2N6/c27-24-9-8-23(17-25(24)28)34(20-29)26(30)33-15-13-32(14-16-33)19-22-7-4-11-31(18-22)12-10-21-5-2-1-3-6-21/h1-3,5-6,8-9,17,22,30H,4,7,10-16,18-19H2/t22-/m1/s1. The molecule has 1 N–H and O–H groups in total. The Labute approximate surface area is 212 Å². The molecule has 2 aromatic carbocycles. The van der Waals surface area contributed by atoms with Crippen molar-refractivity contribution in [1.29, 1.82) is 10.7 Å². The number of halogens is 2. The molecule has 0 amide bonds. The summed E-state index contributed by atoms with van der Waals surface area (Å²) in [5, 5.41) is 19.1. The summed E-state index contributed by atoms with van der Waals surface area (Å²) in [6.45, 7) is 7.90. The van der Waals surface area contributed by atoms with E-state index >= 15 is 0 Å². The molecule has 0 spiro atoms. The van der Waals surface area contributed by atoms with Crippen molar-refractivity contribution < 1.29 is 0 Å². The minimum atomic E-state index is 0.185. The molecule has 6 nitrogen and oxygen atoms in total. The Morgan fingerprint density at radius 3 is 2.47 bits per heavy atom. The number of anilines is 1. The van der Waals surface area contributed by atoms with Crippen LogP contribution in [0, 0.1) is 22.8 Å². The molecule has 4 rings (SSSR count). The number of piperazine rings is 1. The van der Waals surface area contributed by atoms with Crippen LogP contribution in [0.3, 0.4) is 0 Å². The van der Waals surface area contributed by atoms with Gasteiger partial charge in [-0.3, -0.25) is 10.3 Å². The van der Waals surface area contributed by atoms with Crippen molar-refractivity contribution in [1.82, 2.24) is 14.7 Å². The fourth-order valence-corrected chi connectivity index (χ4v) is 5.23. The Kier molecular flexibility index (Phi) is 8.69. The van der Waals surface area contributed by atoms with E-state index in [9.17, 15) is 5.26 Å². The minimum Gasteiger partial charge on any atom is -0.339 e. The van der Waals surface area contributed by atoms with Gasteiger partial charge in [-0.25, -0.2) is 4.90 Å². The Bertz CT molecular complexity index is 1000. The molecule has 1 atom stereocenters. The zero-order valence-electron chi connectivity index (χ0n) is 19.5. The van der Waals surface area contributed by atoms with E-state index in [1.807, 2.05) is 4.90 Å². The monoisotopic (exact) mass is 498 g/mol. The first-order valence-electron chi connectivity index (χ1n) is 12.0. The quantitative estimate of drug-likeness (QED) is 0.268. The van der Waals surface area contributed by atoms with Crippen LogP contribution in [0.5, 0.6) is 0 Å². The summed E-state index contributed by atoms with van der Waals surface area (Å²) in [6, 6.07) is 15.7. The number of likely N-dealkylation sites (tertiary alicyclic amines) is 1. The van der Waals surface area contributed by atoms with Crippen molar-refractivity contribution in [3.8, 4) is 6.19 Å². The van der Waals surface area contributed by atoms with Gasteiger partial charge in [0.15, 0.2) is 6.19 Å². The maximum atomic E-state index is 9.67. The number of nitriles is 1. The Hall–Kier alpha value is -2.30. The normalized spacial score (nSPS) is 19.6. The summed E-state index contributed by atoms with van der Waals surface area (Å²) in [4.78, 5) is 8.42. The van der Waals surface area contributed by atoms with Gasteiger partial charge in [-0.2, -0.15) is 5.26 Å². The molecule has 34 heavy (non-hydrogen) atoms. The number of piperidine rings is 1. The lowest BCUT2D eigenvalue weighted by Gasteiger charge is -2.40. The van der Waals surface area contributed by atoms with Crippen LogP contribution in [0.2, 0.25) is 10.0 Å². The number of guanidine groups is 1. The largest absolute Gasteiger partial charge is 0.339 e. The van der Waals surface area contributed by atoms with E-state index in [2.05, 4.69) is 46.3 Å². The van der Waals surface area contributed by atoms with Gasteiger partial charge in [0.1, 0.15) is 0 Å². The fraction of sp³-hybridized carbons (Fsp3) is 0.462. The number of rotatable bonds is 6. The lowest BCUT2D eigenvalue weighted by molar-refractivity contribution is 0.110. The number of nitrogens with one attached hydrogen (secondary N) is 1. The lowest BCUT2D eigenvalue weighted by Crippen LogP contribution is -2.54. The highest BCUT2D eigenvalue weighted by Crippen LogP contribution is 2.27. The first-order chi connectivity index (χ1) is 16.5. The first-order valence-corrected chi connectivity index (χ1v) is 12.8. The molecule has 0 saturated carbocycles. The van der Waals surface area contributed by atoms with Gasteiger partial charge in [0.05, 0.1) is 15.7 Å². The van der Waals surface area contributed by atoms with E-state index in [1.165, 1.54) is 36.4 Å². The topological polar surface area (TPSA) is 60.6 Å². The van der Waals surface area contributed by atoms with E-state index in [4.69, 9.17) is 28.6 Å². The summed E-state index contributed by atoms with van der Waals surface area (Å²) >= 11 is 12.1. The summed E-state index contributed by atoms with van der Waals surface area (Å²) in [5.41, 5.74) is 1.97. The molecule has 2 heterocycles. The number of nitrogens with zero attached hydrogens (tertiary/aromatic N) is 5. The van der Waals surface area contributed by atoms with Gasteiger partial charge in [0.25, 0.3) is 0 Å². The highest BCUT2D eigenvalue weighted by molar-refractivity contribution is 6.42. The highest BCUT2D eigenvalue weighted by atomic mass is 35.5. The molecule has 2 aliphatic rings. The minimum absolute atomic E-state index is 0.185. The first kappa shape index (κ1) is 24.8. The van der Waals surface area contributed by atoms with Gasteiger partial charge in [-0.1, -0.05) is 53.5 Å². The van der Waals surface area contributed by atoms with Gasteiger partial charge in [0.2, 0.25) is 5.96 Å². The van der Waals surface area contributed by atoms with E-state index in [0.29, 0.717) is 21.7 Å². The van der Waals surface area contributed by atoms with E-state index in [1.54, 1.807) is 18.2 Å². The summed E-state index contributed by atoms with van der Waals surface area (Å²) in [7, 11) is 0. The summed E-state index contributed by atoms with van der Waals surface area (Å²) < 4.78 is 0. The smallest absolute Gasteiger partial charge is 0.212 e. The number of benzene rings is 2. The lowest BCUT2D eigenvalue weighted by atomic mass is 9.96. The van der Waals surface area contributed by atoms with Crippen molar-refractivity contribution in [2.45, 2.75) is 19.3 Å². The van der Waals surface area contributed by atoms with Crippen LogP contribution in [0.4, 0.5) is 5.69 Å². The van der Waals surface area contributed by atoms with Crippen molar-refractivity contribution in [2.75, 3.05) is 57.3 Å². The molecule has 2 fully saturated rings. The molecular formula is C26H32Cl2N6. The molecule has 0 bridgehead atoms. The Morgan fingerprint density at radius 1 is 1.00 bits per heavy atom. The summed E-state index contributed by atoms with van der Waals surface area (Å²) in [6.07, 6.45) is 5.79. The van der Waals surface area contributed by atoms with Crippen LogP contribution in [0.15, 0.2) is 48.5 Å². The molecule has 0 aromatic heterocycles. The van der Waals surface area contributed by atoms with Crippen LogP contribution < -0.4 is 4.90 Å². The van der Waals surface area contributed by atoms with E-state index in [-0.39, 0.29) is 5.96 Å². The second-order valence-corrected chi connectivity index (χ2v) is 10.0. The van der Waals surface area contributed by atoms with Gasteiger partial charge in [-0.05, 0) is 55.5 Å². The average molecular weight is 499 g/mol. The third-order valence-electron chi connectivity index (χ3n) is 6.82. The average Bonchev–Trinajstić information content (AvgIpc) is 2.86. The summed E-state index contributed by atoms with van der Waals surface area (Å²) in [5.74, 6) is 0.882. The van der Waals surface area contributed by atoms with Crippen molar-refractivity contribution >= 4 is 34.8 Å². The van der Waals surface area contributed by atoms with E-state index in [0.717, 1.165) is 45.7 Å². The number of hydrogen-bond acceptors (Lipinski definition) is 4. The molecule has 0 aliphatic carbocycles. The zero-order valence-corrected chi connectivity index (χ0v) is 21.0. The number of hydrogen-bond donors (Lipinski definition) is 1. The van der Waals surface area contributed by atoms with Crippen LogP contribution >= 0.6 is 23.2 Å². The molecule has 8 heteroatoms.